The van der Waals surface area contributed by atoms with Crippen LogP contribution in [0.15, 0.2) is 54.9 Å². The molecule has 19 heavy (non-hydrogen) atoms. The molecule has 2 aromatic carbocycles. The van der Waals surface area contributed by atoms with Gasteiger partial charge in [-0.2, -0.15) is 0 Å². The third kappa shape index (κ3) is 2.61. The van der Waals surface area contributed by atoms with Crippen LogP contribution in [0.2, 0.25) is 5.02 Å². The van der Waals surface area contributed by atoms with E-state index in [2.05, 4.69) is 4.98 Å². The fraction of sp³-hybridized carbons (Fsp3) is 0.0714. The van der Waals surface area contributed by atoms with Crippen molar-refractivity contribution in [3.8, 4) is 0 Å². The van der Waals surface area contributed by atoms with Crippen molar-refractivity contribution in [2.24, 2.45) is 5.73 Å². The maximum absolute atomic E-state index is 6.20. The molecule has 0 saturated heterocycles. The summed E-state index contributed by atoms with van der Waals surface area (Å²) in [5.74, 6) is 0. The maximum atomic E-state index is 6.20. The largest absolute Gasteiger partial charge is 0.314 e. The number of benzene rings is 2. The van der Waals surface area contributed by atoms with E-state index in [-0.39, 0.29) is 5.37 Å². The average molecular weight is 290 g/mol. The molecule has 5 heteroatoms. The van der Waals surface area contributed by atoms with Gasteiger partial charge in [-0.15, -0.1) is 0 Å². The third-order valence-electron chi connectivity index (χ3n) is 2.85. The lowest BCUT2D eigenvalue weighted by Gasteiger charge is -2.12. The quantitative estimate of drug-likeness (QED) is 0.745. The summed E-state index contributed by atoms with van der Waals surface area (Å²) in [6, 6.07) is 15.6. The molecule has 1 heterocycles. The predicted molar refractivity (Wildman–Crippen MR) is 81.1 cm³/mol. The van der Waals surface area contributed by atoms with Crippen LogP contribution in [0, 0.1) is 0 Å². The van der Waals surface area contributed by atoms with E-state index in [9.17, 15) is 0 Å². The predicted octanol–water partition coefficient (Wildman–Crippen LogP) is 3.84. The van der Waals surface area contributed by atoms with E-state index in [4.69, 9.17) is 17.3 Å². The van der Waals surface area contributed by atoms with Gasteiger partial charge in [0.05, 0.1) is 16.4 Å². The molecule has 0 aliphatic rings. The molecule has 1 aromatic heterocycles. The molecule has 0 radical (unpaired) electrons. The Bertz CT molecular complexity index is 693. The molecule has 2 N–H and O–H groups in total. The molecular weight excluding hydrogens is 278 g/mol. The van der Waals surface area contributed by atoms with Crippen LogP contribution in [0.3, 0.4) is 0 Å². The number of halogens is 1. The van der Waals surface area contributed by atoms with Gasteiger partial charge < -0.3 is 5.73 Å². The Morgan fingerprint density at radius 3 is 2.63 bits per heavy atom. The molecule has 1 unspecified atom stereocenters. The third-order valence-corrected chi connectivity index (χ3v) is 4.12. The second kappa shape index (κ2) is 5.25. The molecule has 3 nitrogen and oxygen atoms in total. The summed E-state index contributed by atoms with van der Waals surface area (Å²) in [7, 11) is 0. The number of aromatic nitrogens is 2. The van der Waals surface area contributed by atoms with Gasteiger partial charge >= 0.3 is 0 Å². The first-order valence-electron chi connectivity index (χ1n) is 5.84. The first-order chi connectivity index (χ1) is 9.24. The van der Waals surface area contributed by atoms with Crippen LogP contribution in [0.1, 0.15) is 10.9 Å². The highest BCUT2D eigenvalue weighted by Crippen LogP contribution is 2.28. The number of nitrogens with two attached hydrogens (primary N) is 1. The van der Waals surface area contributed by atoms with Gasteiger partial charge in [0, 0.05) is 5.02 Å². The van der Waals surface area contributed by atoms with Gasteiger partial charge in [-0.25, -0.2) is 4.98 Å². The number of hydrogen-bond acceptors (Lipinski definition) is 3. The topological polar surface area (TPSA) is 43.8 Å². The lowest BCUT2D eigenvalue weighted by molar-refractivity contribution is 1.02. The zero-order valence-corrected chi connectivity index (χ0v) is 11.6. The summed E-state index contributed by atoms with van der Waals surface area (Å²) in [6.07, 6.45) is 1.80. The first-order valence-corrected chi connectivity index (χ1v) is 7.06. The van der Waals surface area contributed by atoms with Gasteiger partial charge in [-0.05, 0) is 41.8 Å². The van der Waals surface area contributed by atoms with E-state index in [1.807, 2.05) is 52.5 Å². The van der Waals surface area contributed by atoms with Crippen molar-refractivity contribution in [3.05, 3.63) is 65.4 Å². The Morgan fingerprint density at radius 2 is 1.84 bits per heavy atom. The van der Waals surface area contributed by atoms with Crippen molar-refractivity contribution < 1.29 is 0 Å². The van der Waals surface area contributed by atoms with Crippen molar-refractivity contribution in [1.29, 1.82) is 0 Å². The Labute approximate surface area is 120 Å². The lowest BCUT2D eigenvalue weighted by atomic mass is 10.2. The van der Waals surface area contributed by atoms with Crippen LogP contribution < -0.4 is 5.73 Å². The van der Waals surface area contributed by atoms with Crippen molar-refractivity contribution >= 4 is 34.6 Å². The van der Waals surface area contributed by atoms with Gasteiger partial charge in [0.25, 0.3) is 0 Å². The van der Waals surface area contributed by atoms with Gasteiger partial charge in [-0.1, -0.05) is 35.9 Å². The van der Waals surface area contributed by atoms with Crippen molar-refractivity contribution in [1.82, 2.24) is 8.96 Å². The summed E-state index contributed by atoms with van der Waals surface area (Å²) in [4.78, 5) is 4.34. The Hall–Kier alpha value is -1.49. The summed E-state index contributed by atoms with van der Waals surface area (Å²) in [6.45, 7) is 0. The zero-order chi connectivity index (χ0) is 13.2. The van der Waals surface area contributed by atoms with E-state index in [0.29, 0.717) is 5.02 Å². The van der Waals surface area contributed by atoms with E-state index in [0.717, 1.165) is 16.6 Å². The fourth-order valence-corrected chi connectivity index (χ4v) is 2.88. The SMILES string of the molecule is NC(Sn1cnc2ccccc21)c1ccc(Cl)cc1. The minimum absolute atomic E-state index is 0.158. The van der Waals surface area contributed by atoms with E-state index >= 15 is 0 Å². The molecule has 0 aliphatic carbocycles. The van der Waals surface area contributed by atoms with Crippen molar-refractivity contribution in [2.75, 3.05) is 0 Å². The number of imidazole rings is 1. The molecule has 0 spiro atoms. The van der Waals surface area contributed by atoms with E-state index in [1.54, 1.807) is 6.33 Å². The Balaban J connectivity index is 1.86. The van der Waals surface area contributed by atoms with Gasteiger partial charge in [0.15, 0.2) is 0 Å². The summed E-state index contributed by atoms with van der Waals surface area (Å²) < 4.78 is 1.99. The maximum Gasteiger partial charge on any atom is 0.106 e. The minimum Gasteiger partial charge on any atom is -0.314 e. The van der Waals surface area contributed by atoms with Crippen molar-refractivity contribution in [3.63, 3.8) is 0 Å². The molecule has 0 saturated carbocycles. The zero-order valence-electron chi connectivity index (χ0n) is 10.0. The molecule has 0 aliphatic heterocycles. The number of rotatable bonds is 3. The van der Waals surface area contributed by atoms with E-state index < -0.39 is 0 Å². The van der Waals surface area contributed by atoms with Crippen molar-refractivity contribution in [2.45, 2.75) is 5.37 Å². The molecule has 3 rings (SSSR count). The van der Waals surface area contributed by atoms with Crippen LogP contribution in [0.5, 0.6) is 0 Å². The lowest BCUT2D eigenvalue weighted by Crippen LogP contribution is -2.07. The Morgan fingerprint density at radius 1 is 1.11 bits per heavy atom. The molecule has 96 valence electrons. The molecular formula is C14H12ClN3S. The summed E-state index contributed by atoms with van der Waals surface area (Å²) in [5.41, 5.74) is 9.27. The van der Waals surface area contributed by atoms with Gasteiger partial charge in [0.1, 0.15) is 6.33 Å². The molecule has 0 bridgehead atoms. The monoisotopic (exact) mass is 289 g/mol. The standard InChI is InChI=1S/C14H12ClN3S/c15-11-7-5-10(6-8-11)14(16)19-18-9-17-12-3-1-2-4-13(12)18/h1-9,14H,16H2. The van der Waals surface area contributed by atoms with Gasteiger partial charge in [-0.3, -0.25) is 3.97 Å². The number of para-hydroxylation sites is 2. The first kappa shape index (κ1) is 12.5. The smallest absolute Gasteiger partial charge is 0.106 e. The second-order valence-electron chi connectivity index (χ2n) is 4.14. The number of nitrogens with zero attached hydrogens (tertiary/aromatic N) is 2. The van der Waals surface area contributed by atoms with Crippen LogP contribution >= 0.6 is 23.5 Å². The minimum atomic E-state index is -0.158. The van der Waals surface area contributed by atoms with E-state index in [1.165, 1.54) is 11.9 Å². The van der Waals surface area contributed by atoms with Gasteiger partial charge in [0.2, 0.25) is 0 Å². The highest BCUT2D eigenvalue weighted by atomic mass is 35.5. The molecule has 1 atom stereocenters. The number of fused-ring (bicyclic) bond motifs is 1. The molecule has 3 aromatic rings. The molecule has 0 fully saturated rings. The second-order valence-corrected chi connectivity index (χ2v) is 5.69. The summed E-state index contributed by atoms with van der Waals surface area (Å²) in [5, 5.41) is 0.559. The highest BCUT2D eigenvalue weighted by Gasteiger charge is 2.10. The fourth-order valence-electron chi connectivity index (χ4n) is 1.86. The molecule has 0 amide bonds. The average Bonchev–Trinajstić information content (AvgIpc) is 2.83. The van der Waals surface area contributed by atoms with Crippen LogP contribution in [-0.4, -0.2) is 8.96 Å². The normalized spacial score (nSPS) is 12.7. The van der Waals surface area contributed by atoms with Crippen LogP contribution in [0.4, 0.5) is 0 Å². The highest BCUT2D eigenvalue weighted by molar-refractivity contribution is 7.98. The van der Waals surface area contributed by atoms with Crippen LogP contribution in [-0.2, 0) is 0 Å². The summed E-state index contributed by atoms with van der Waals surface area (Å²) >= 11 is 7.40. The Kier molecular flexibility index (Phi) is 3.46. The van der Waals surface area contributed by atoms with Crippen LogP contribution in [0.25, 0.3) is 11.0 Å². The number of hydrogen-bond donors (Lipinski definition) is 1.